The Morgan fingerprint density at radius 1 is 1.11 bits per heavy atom. The lowest BCUT2D eigenvalue weighted by atomic mass is 10.2. The second kappa shape index (κ2) is 8.41. The molecule has 0 radical (unpaired) electrons. The fourth-order valence-corrected chi connectivity index (χ4v) is 1.49. The van der Waals surface area contributed by atoms with Crippen LogP contribution in [0.15, 0.2) is 18.2 Å². The van der Waals surface area contributed by atoms with E-state index < -0.39 is 0 Å². The van der Waals surface area contributed by atoms with E-state index >= 15 is 0 Å². The Hall–Kier alpha value is -1.70. The van der Waals surface area contributed by atoms with Crippen molar-refractivity contribution in [3.63, 3.8) is 0 Å². The summed E-state index contributed by atoms with van der Waals surface area (Å²) >= 11 is 0. The molecule has 0 N–H and O–H groups in total. The first-order valence-electron chi connectivity index (χ1n) is 6.15. The van der Waals surface area contributed by atoms with Crippen molar-refractivity contribution < 1.29 is 18.9 Å². The highest BCUT2D eigenvalue weighted by Gasteiger charge is 2.02. The molecule has 0 amide bonds. The van der Waals surface area contributed by atoms with Gasteiger partial charge in [0.15, 0.2) is 17.8 Å². The van der Waals surface area contributed by atoms with Crippen molar-refractivity contribution in [3.8, 4) is 23.3 Å². The minimum atomic E-state index is -0.232. The first kappa shape index (κ1) is 15.4. The van der Waals surface area contributed by atoms with E-state index in [0.717, 1.165) is 5.56 Å². The molecule has 4 nitrogen and oxygen atoms in total. The lowest BCUT2D eigenvalue weighted by molar-refractivity contribution is -0.117. The molecule has 1 aromatic carbocycles. The van der Waals surface area contributed by atoms with Crippen molar-refractivity contribution in [2.75, 3.05) is 27.4 Å². The van der Waals surface area contributed by atoms with E-state index in [2.05, 4.69) is 11.8 Å². The Balaban J connectivity index is 2.58. The summed E-state index contributed by atoms with van der Waals surface area (Å²) in [6.07, 6.45) is -0.232. The summed E-state index contributed by atoms with van der Waals surface area (Å²) in [6.45, 7) is 4.73. The van der Waals surface area contributed by atoms with Crippen molar-refractivity contribution in [1.29, 1.82) is 0 Å². The van der Waals surface area contributed by atoms with E-state index in [9.17, 15) is 0 Å². The molecular weight excluding hydrogens is 244 g/mol. The zero-order chi connectivity index (χ0) is 14.1. The van der Waals surface area contributed by atoms with Crippen LogP contribution in [-0.4, -0.2) is 33.7 Å². The zero-order valence-corrected chi connectivity index (χ0v) is 11.9. The highest BCUT2D eigenvalue weighted by molar-refractivity contribution is 5.48. The lowest BCUT2D eigenvalue weighted by Crippen LogP contribution is -2.12. The van der Waals surface area contributed by atoms with Crippen LogP contribution >= 0.6 is 0 Å². The Morgan fingerprint density at radius 2 is 1.84 bits per heavy atom. The van der Waals surface area contributed by atoms with Gasteiger partial charge in [0.2, 0.25) is 0 Å². The predicted molar refractivity (Wildman–Crippen MR) is 73.5 cm³/mol. The number of hydrogen-bond donors (Lipinski definition) is 0. The first-order valence-corrected chi connectivity index (χ1v) is 6.15. The third kappa shape index (κ3) is 5.21. The van der Waals surface area contributed by atoms with Gasteiger partial charge in [0.25, 0.3) is 0 Å². The zero-order valence-electron chi connectivity index (χ0n) is 11.9. The first-order chi connectivity index (χ1) is 9.21. The highest BCUT2D eigenvalue weighted by atomic mass is 16.7. The van der Waals surface area contributed by atoms with Crippen molar-refractivity contribution in [3.05, 3.63) is 23.8 Å². The standard InChI is InChI=1S/C15H20O4/c1-5-18-12(2)19-10-6-7-13-8-9-14(16-3)15(11-13)17-4/h8-9,11-12H,5,10H2,1-4H3. The van der Waals surface area contributed by atoms with Gasteiger partial charge in [-0.25, -0.2) is 0 Å². The van der Waals surface area contributed by atoms with Gasteiger partial charge in [-0.2, -0.15) is 0 Å². The van der Waals surface area contributed by atoms with Gasteiger partial charge in [-0.15, -0.1) is 0 Å². The van der Waals surface area contributed by atoms with Gasteiger partial charge in [0, 0.05) is 12.2 Å². The van der Waals surface area contributed by atoms with E-state index in [4.69, 9.17) is 18.9 Å². The highest BCUT2D eigenvalue weighted by Crippen LogP contribution is 2.26. The molecule has 0 aromatic heterocycles. The summed E-state index contributed by atoms with van der Waals surface area (Å²) in [4.78, 5) is 0. The lowest BCUT2D eigenvalue weighted by Gasteiger charge is -2.09. The van der Waals surface area contributed by atoms with Gasteiger partial charge in [0.1, 0.15) is 6.61 Å². The third-order valence-electron chi connectivity index (χ3n) is 2.41. The van der Waals surface area contributed by atoms with E-state index in [1.165, 1.54) is 0 Å². The molecule has 4 heteroatoms. The summed E-state index contributed by atoms with van der Waals surface area (Å²) in [7, 11) is 3.20. The molecule has 0 aliphatic carbocycles. The summed E-state index contributed by atoms with van der Waals surface area (Å²) in [5.41, 5.74) is 0.852. The fourth-order valence-electron chi connectivity index (χ4n) is 1.49. The quantitative estimate of drug-likeness (QED) is 0.584. The number of rotatable bonds is 6. The Morgan fingerprint density at radius 3 is 2.47 bits per heavy atom. The molecule has 0 saturated carbocycles. The summed E-state index contributed by atoms with van der Waals surface area (Å²) < 4.78 is 21.0. The summed E-state index contributed by atoms with van der Waals surface area (Å²) in [5, 5.41) is 0. The molecule has 0 saturated heterocycles. The molecule has 0 fully saturated rings. The molecule has 0 aliphatic rings. The Kier molecular flexibility index (Phi) is 6.80. The largest absolute Gasteiger partial charge is 0.493 e. The number of methoxy groups -OCH3 is 2. The van der Waals surface area contributed by atoms with Crippen LogP contribution in [0.1, 0.15) is 19.4 Å². The maximum atomic E-state index is 5.35. The van der Waals surface area contributed by atoms with E-state index in [0.29, 0.717) is 24.7 Å². The minimum absolute atomic E-state index is 0.232. The van der Waals surface area contributed by atoms with Crippen LogP contribution in [-0.2, 0) is 9.47 Å². The normalized spacial score (nSPS) is 11.4. The van der Waals surface area contributed by atoms with E-state index in [1.54, 1.807) is 14.2 Å². The van der Waals surface area contributed by atoms with Gasteiger partial charge in [-0.05, 0) is 32.0 Å². The predicted octanol–water partition coefficient (Wildman–Crippen LogP) is 2.45. The minimum Gasteiger partial charge on any atom is -0.493 e. The topological polar surface area (TPSA) is 36.9 Å². The summed E-state index contributed by atoms with van der Waals surface area (Å²) in [6, 6.07) is 5.53. The van der Waals surface area contributed by atoms with Crippen LogP contribution < -0.4 is 9.47 Å². The van der Waals surface area contributed by atoms with Gasteiger partial charge in [-0.1, -0.05) is 11.8 Å². The fraction of sp³-hybridized carbons (Fsp3) is 0.467. The van der Waals surface area contributed by atoms with E-state index in [-0.39, 0.29) is 6.29 Å². The molecule has 0 aliphatic heterocycles. The number of benzene rings is 1. The van der Waals surface area contributed by atoms with E-state index in [1.807, 2.05) is 32.0 Å². The van der Waals surface area contributed by atoms with Gasteiger partial charge < -0.3 is 18.9 Å². The van der Waals surface area contributed by atoms with Crippen molar-refractivity contribution >= 4 is 0 Å². The second-order valence-corrected chi connectivity index (χ2v) is 3.71. The molecule has 1 rings (SSSR count). The molecule has 1 aromatic rings. The molecule has 1 atom stereocenters. The monoisotopic (exact) mass is 264 g/mol. The van der Waals surface area contributed by atoms with Crippen LogP contribution in [0, 0.1) is 11.8 Å². The van der Waals surface area contributed by atoms with Crippen molar-refractivity contribution in [1.82, 2.24) is 0 Å². The SMILES string of the molecule is CCOC(C)OCC#Cc1ccc(OC)c(OC)c1. The molecule has 0 bridgehead atoms. The third-order valence-corrected chi connectivity index (χ3v) is 2.41. The molecule has 104 valence electrons. The van der Waals surface area contributed by atoms with Gasteiger partial charge >= 0.3 is 0 Å². The van der Waals surface area contributed by atoms with Crippen molar-refractivity contribution in [2.45, 2.75) is 20.1 Å². The molecule has 0 spiro atoms. The molecule has 1 unspecified atom stereocenters. The number of ether oxygens (including phenoxy) is 4. The summed E-state index contributed by atoms with van der Waals surface area (Å²) in [5.74, 6) is 7.29. The average molecular weight is 264 g/mol. The van der Waals surface area contributed by atoms with Crippen LogP contribution in [0.5, 0.6) is 11.5 Å². The smallest absolute Gasteiger partial charge is 0.161 e. The average Bonchev–Trinajstić information content (AvgIpc) is 2.43. The van der Waals surface area contributed by atoms with Crippen LogP contribution in [0.2, 0.25) is 0 Å². The molecule has 0 heterocycles. The van der Waals surface area contributed by atoms with Gasteiger partial charge in [0.05, 0.1) is 14.2 Å². The maximum absolute atomic E-state index is 5.35. The van der Waals surface area contributed by atoms with Crippen molar-refractivity contribution in [2.24, 2.45) is 0 Å². The molecular formula is C15H20O4. The maximum Gasteiger partial charge on any atom is 0.161 e. The van der Waals surface area contributed by atoms with Gasteiger partial charge in [-0.3, -0.25) is 0 Å². The Bertz CT molecular complexity index is 445. The number of hydrogen-bond acceptors (Lipinski definition) is 4. The van der Waals surface area contributed by atoms with Crippen LogP contribution in [0.25, 0.3) is 0 Å². The Labute approximate surface area is 114 Å². The van der Waals surface area contributed by atoms with Crippen LogP contribution in [0.3, 0.4) is 0 Å². The molecule has 19 heavy (non-hydrogen) atoms. The van der Waals surface area contributed by atoms with Crippen LogP contribution in [0.4, 0.5) is 0 Å². The second-order valence-electron chi connectivity index (χ2n) is 3.71.